The summed E-state index contributed by atoms with van der Waals surface area (Å²) in [5.41, 5.74) is 8.86. The van der Waals surface area contributed by atoms with Gasteiger partial charge in [-0.25, -0.2) is 4.68 Å². The third-order valence-corrected chi connectivity index (χ3v) is 3.76. The van der Waals surface area contributed by atoms with Crippen LogP contribution in [0.4, 0.5) is 5.82 Å². The minimum absolute atomic E-state index is 0.125. The zero-order valence-electron chi connectivity index (χ0n) is 13.0. The Morgan fingerprint density at radius 3 is 2.43 bits per heavy atom. The molecule has 1 heterocycles. The van der Waals surface area contributed by atoms with Crippen molar-refractivity contribution in [3.63, 3.8) is 0 Å². The average molecular weight is 307 g/mol. The van der Waals surface area contributed by atoms with E-state index in [0.29, 0.717) is 16.9 Å². The van der Waals surface area contributed by atoms with Gasteiger partial charge in [0.05, 0.1) is 24.6 Å². The number of methoxy groups -OCH3 is 1. The van der Waals surface area contributed by atoms with Crippen molar-refractivity contribution < 1.29 is 9.53 Å². The molecule has 0 amide bonds. The molecule has 2 N–H and O–H groups in total. The number of rotatable bonds is 4. The van der Waals surface area contributed by atoms with Crippen molar-refractivity contribution in [2.24, 2.45) is 0 Å². The van der Waals surface area contributed by atoms with Crippen LogP contribution in [-0.2, 0) is 0 Å². The number of nitrogens with zero attached hydrogens (tertiary/aromatic N) is 2. The number of aromatic nitrogens is 2. The van der Waals surface area contributed by atoms with Gasteiger partial charge in [0.1, 0.15) is 11.6 Å². The minimum atomic E-state index is -0.125. The molecule has 5 heteroatoms. The third kappa shape index (κ3) is 2.68. The van der Waals surface area contributed by atoms with Gasteiger partial charge in [0, 0.05) is 5.56 Å². The van der Waals surface area contributed by atoms with Gasteiger partial charge in [-0.3, -0.25) is 4.79 Å². The molecule has 23 heavy (non-hydrogen) atoms. The molecular weight excluding hydrogens is 290 g/mol. The number of carbonyl (C=O) groups excluding carboxylic acids is 1. The van der Waals surface area contributed by atoms with Crippen LogP contribution in [0.2, 0.25) is 0 Å². The van der Waals surface area contributed by atoms with Crippen LogP contribution in [0.3, 0.4) is 0 Å². The second-order valence-corrected chi connectivity index (χ2v) is 5.20. The van der Waals surface area contributed by atoms with E-state index in [1.165, 1.54) is 6.20 Å². The summed E-state index contributed by atoms with van der Waals surface area (Å²) < 4.78 is 6.68. The molecule has 0 spiro atoms. The summed E-state index contributed by atoms with van der Waals surface area (Å²) in [6.45, 7) is 1.90. The lowest BCUT2D eigenvalue weighted by atomic mass is 10.0. The average Bonchev–Trinajstić information content (AvgIpc) is 2.96. The van der Waals surface area contributed by atoms with Crippen molar-refractivity contribution in [3.8, 4) is 11.4 Å². The molecule has 0 unspecified atom stereocenters. The zero-order valence-corrected chi connectivity index (χ0v) is 13.0. The van der Waals surface area contributed by atoms with E-state index in [-0.39, 0.29) is 5.78 Å². The number of ether oxygens (including phenoxy) is 1. The standard InChI is InChI=1S/C18H17N3O2/c1-12-5-3-4-6-15(12)17(22)16-11-20-21(18(16)19)13-7-9-14(23-2)10-8-13/h3-11H,19H2,1-2H3. The number of benzene rings is 2. The summed E-state index contributed by atoms with van der Waals surface area (Å²) in [4.78, 5) is 12.7. The summed E-state index contributed by atoms with van der Waals surface area (Å²) >= 11 is 0. The summed E-state index contributed by atoms with van der Waals surface area (Å²) in [5.74, 6) is 0.944. The molecule has 0 saturated carbocycles. The Labute approximate surface area is 134 Å². The molecule has 5 nitrogen and oxygen atoms in total. The molecule has 3 aromatic rings. The van der Waals surface area contributed by atoms with Crippen molar-refractivity contribution in [1.82, 2.24) is 9.78 Å². The van der Waals surface area contributed by atoms with Crippen LogP contribution in [-0.4, -0.2) is 22.7 Å². The van der Waals surface area contributed by atoms with E-state index in [1.807, 2.05) is 49.4 Å². The maximum Gasteiger partial charge on any atom is 0.198 e. The van der Waals surface area contributed by atoms with Crippen molar-refractivity contribution in [2.75, 3.05) is 12.8 Å². The summed E-state index contributed by atoms with van der Waals surface area (Å²) in [6, 6.07) is 14.7. The molecule has 0 saturated heterocycles. The molecule has 2 aromatic carbocycles. The van der Waals surface area contributed by atoms with E-state index in [4.69, 9.17) is 10.5 Å². The highest BCUT2D eigenvalue weighted by atomic mass is 16.5. The molecule has 0 atom stereocenters. The molecule has 1 aromatic heterocycles. The van der Waals surface area contributed by atoms with Crippen LogP contribution in [0.25, 0.3) is 5.69 Å². The van der Waals surface area contributed by atoms with Gasteiger partial charge in [-0.2, -0.15) is 5.10 Å². The topological polar surface area (TPSA) is 70.1 Å². The molecule has 0 radical (unpaired) electrons. The zero-order chi connectivity index (χ0) is 16.4. The summed E-state index contributed by atoms with van der Waals surface area (Å²) in [7, 11) is 1.61. The van der Waals surface area contributed by atoms with Gasteiger partial charge < -0.3 is 10.5 Å². The number of nitrogen functional groups attached to an aromatic ring is 1. The lowest BCUT2D eigenvalue weighted by molar-refractivity contribution is 0.103. The van der Waals surface area contributed by atoms with Crippen molar-refractivity contribution in [3.05, 3.63) is 71.4 Å². The van der Waals surface area contributed by atoms with E-state index in [2.05, 4.69) is 5.10 Å². The van der Waals surface area contributed by atoms with E-state index in [9.17, 15) is 4.79 Å². The first-order chi connectivity index (χ1) is 11.1. The smallest absolute Gasteiger partial charge is 0.198 e. The Bertz CT molecular complexity index is 851. The van der Waals surface area contributed by atoms with E-state index >= 15 is 0 Å². The SMILES string of the molecule is COc1ccc(-n2ncc(C(=O)c3ccccc3C)c2N)cc1. The maximum atomic E-state index is 12.7. The van der Waals surface area contributed by atoms with E-state index in [0.717, 1.165) is 17.0 Å². The molecule has 0 aliphatic rings. The van der Waals surface area contributed by atoms with Gasteiger partial charge in [-0.1, -0.05) is 24.3 Å². The molecular formula is C18H17N3O2. The second kappa shape index (κ2) is 5.96. The molecule has 0 aliphatic carbocycles. The number of anilines is 1. The summed E-state index contributed by atoms with van der Waals surface area (Å²) in [6.07, 6.45) is 1.51. The normalized spacial score (nSPS) is 10.5. The maximum absolute atomic E-state index is 12.7. The quantitative estimate of drug-likeness (QED) is 0.752. The Morgan fingerprint density at radius 1 is 1.09 bits per heavy atom. The van der Waals surface area contributed by atoms with Crippen molar-refractivity contribution >= 4 is 11.6 Å². The molecule has 0 fully saturated rings. The van der Waals surface area contributed by atoms with Crippen molar-refractivity contribution in [2.45, 2.75) is 6.92 Å². The highest BCUT2D eigenvalue weighted by molar-refractivity contribution is 6.12. The predicted molar refractivity (Wildman–Crippen MR) is 89.1 cm³/mol. The number of carbonyl (C=O) groups is 1. The lowest BCUT2D eigenvalue weighted by Crippen LogP contribution is -2.08. The van der Waals surface area contributed by atoms with Gasteiger partial charge in [-0.05, 0) is 36.8 Å². The fourth-order valence-corrected chi connectivity index (χ4v) is 2.43. The Kier molecular flexibility index (Phi) is 3.85. The van der Waals surface area contributed by atoms with Gasteiger partial charge in [-0.15, -0.1) is 0 Å². The molecule has 3 rings (SSSR count). The van der Waals surface area contributed by atoms with Gasteiger partial charge >= 0.3 is 0 Å². The molecule has 0 aliphatic heterocycles. The number of hydrogen-bond acceptors (Lipinski definition) is 4. The largest absolute Gasteiger partial charge is 0.497 e. The fraction of sp³-hybridized carbons (Fsp3) is 0.111. The monoisotopic (exact) mass is 307 g/mol. The Balaban J connectivity index is 1.99. The molecule has 0 bridgehead atoms. The number of aryl methyl sites for hydroxylation is 1. The van der Waals surface area contributed by atoms with Gasteiger partial charge in [0.15, 0.2) is 5.78 Å². The van der Waals surface area contributed by atoms with Crippen LogP contribution in [0, 0.1) is 6.92 Å². The Hall–Kier alpha value is -3.08. The minimum Gasteiger partial charge on any atom is -0.497 e. The number of hydrogen-bond donors (Lipinski definition) is 1. The highest BCUT2D eigenvalue weighted by Crippen LogP contribution is 2.22. The van der Waals surface area contributed by atoms with Crippen LogP contribution in [0.15, 0.2) is 54.7 Å². The van der Waals surface area contributed by atoms with Crippen LogP contribution in [0.5, 0.6) is 5.75 Å². The fourth-order valence-electron chi connectivity index (χ4n) is 2.43. The van der Waals surface area contributed by atoms with Crippen LogP contribution < -0.4 is 10.5 Å². The number of ketones is 1. The van der Waals surface area contributed by atoms with Crippen LogP contribution in [0.1, 0.15) is 21.5 Å². The first-order valence-electron chi connectivity index (χ1n) is 7.20. The Morgan fingerprint density at radius 2 is 1.78 bits per heavy atom. The highest BCUT2D eigenvalue weighted by Gasteiger charge is 2.18. The second-order valence-electron chi connectivity index (χ2n) is 5.20. The van der Waals surface area contributed by atoms with E-state index < -0.39 is 0 Å². The van der Waals surface area contributed by atoms with Gasteiger partial charge in [0.25, 0.3) is 0 Å². The van der Waals surface area contributed by atoms with E-state index in [1.54, 1.807) is 17.9 Å². The predicted octanol–water partition coefficient (Wildman–Crippen LogP) is 3.00. The third-order valence-electron chi connectivity index (χ3n) is 3.76. The first-order valence-corrected chi connectivity index (χ1v) is 7.20. The van der Waals surface area contributed by atoms with Crippen LogP contribution >= 0.6 is 0 Å². The lowest BCUT2D eigenvalue weighted by Gasteiger charge is -2.07. The van der Waals surface area contributed by atoms with Crippen molar-refractivity contribution in [1.29, 1.82) is 0 Å². The molecule has 116 valence electrons. The van der Waals surface area contributed by atoms with Gasteiger partial charge in [0.2, 0.25) is 0 Å². The summed E-state index contributed by atoms with van der Waals surface area (Å²) in [5, 5.41) is 4.25. The first kappa shape index (κ1) is 14.8. The number of nitrogens with two attached hydrogens (primary N) is 1.